The summed E-state index contributed by atoms with van der Waals surface area (Å²) in [7, 11) is 0. The molecule has 0 saturated heterocycles. The molecule has 0 aliphatic heterocycles. The molecule has 11 aromatic carbocycles. The van der Waals surface area contributed by atoms with Gasteiger partial charge in [-0.25, -0.2) is 0 Å². The van der Waals surface area contributed by atoms with Gasteiger partial charge in [0.05, 0.1) is 11.4 Å². The molecule has 2 nitrogen and oxygen atoms in total. The SMILES string of the molecule is CC(C)c1cccc2c1oc1c(N(c3ccc(-c4ccc5cc(-c6ccc7ccccc7c6)ccc5c4)cc3)c3ccccc3-c3cccc4ccccc34)cc3ccccc3c12. The standard InChI is InChI=1S/C61H43NO/c1-39(2)51-21-12-23-56-59-53-19-8-6-16-49(53)38-58(61(59)63-60(51)56)62(57-24-10-9-20-55(57)54-22-11-17-42-14-5-7-18-52(42)54)50-33-31-41(32-34-50)44-27-28-47-37-48(30-29-46(47)36-44)45-26-25-40-13-3-4-15-43(40)35-45/h3-39H,1-2H3. The van der Waals surface area contributed by atoms with E-state index >= 15 is 0 Å². The number of furan rings is 1. The van der Waals surface area contributed by atoms with Gasteiger partial charge in [-0.3, -0.25) is 0 Å². The molecule has 0 aliphatic carbocycles. The highest BCUT2D eigenvalue weighted by Gasteiger charge is 2.25. The number of nitrogens with zero attached hydrogens (tertiary/aromatic N) is 1. The predicted molar refractivity (Wildman–Crippen MR) is 269 cm³/mol. The predicted octanol–water partition coefficient (Wildman–Crippen LogP) is 17.8. The average molecular weight is 806 g/mol. The minimum Gasteiger partial charge on any atom is -0.454 e. The lowest BCUT2D eigenvalue weighted by atomic mass is 9.95. The lowest BCUT2D eigenvalue weighted by Crippen LogP contribution is -2.11. The van der Waals surface area contributed by atoms with Crippen LogP contribution in [0.3, 0.4) is 0 Å². The van der Waals surface area contributed by atoms with Crippen LogP contribution in [-0.4, -0.2) is 0 Å². The minimum atomic E-state index is 0.307. The van der Waals surface area contributed by atoms with E-state index < -0.39 is 0 Å². The van der Waals surface area contributed by atoms with Gasteiger partial charge in [-0.05, 0) is 125 Å². The van der Waals surface area contributed by atoms with Crippen molar-refractivity contribution < 1.29 is 4.42 Å². The summed E-state index contributed by atoms with van der Waals surface area (Å²) in [5.41, 5.74) is 13.3. The first-order chi connectivity index (χ1) is 31.1. The fourth-order valence-corrected chi connectivity index (χ4v) is 9.81. The number of rotatable bonds is 7. The van der Waals surface area contributed by atoms with Crippen molar-refractivity contribution >= 4 is 82.1 Å². The lowest BCUT2D eigenvalue weighted by Gasteiger charge is -2.29. The zero-order chi connectivity index (χ0) is 42.0. The van der Waals surface area contributed by atoms with Crippen LogP contribution in [0.4, 0.5) is 17.1 Å². The number of fused-ring (bicyclic) bond motifs is 8. The molecular formula is C61H43NO. The molecule has 63 heavy (non-hydrogen) atoms. The first kappa shape index (κ1) is 36.9. The summed E-state index contributed by atoms with van der Waals surface area (Å²) in [6.07, 6.45) is 0. The molecule has 0 bridgehead atoms. The Labute approximate surface area is 366 Å². The third-order valence-electron chi connectivity index (χ3n) is 13.0. The van der Waals surface area contributed by atoms with Gasteiger partial charge in [0.2, 0.25) is 0 Å². The topological polar surface area (TPSA) is 16.4 Å². The van der Waals surface area contributed by atoms with Crippen LogP contribution in [0, 0.1) is 0 Å². The van der Waals surface area contributed by atoms with Crippen molar-refractivity contribution in [3.8, 4) is 33.4 Å². The largest absolute Gasteiger partial charge is 0.454 e. The first-order valence-corrected chi connectivity index (χ1v) is 21.9. The summed E-state index contributed by atoms with van der Waals surface area (Å²) in [5, 5.41) is 12.0. The summed E-state index contributed by atoms with van der Waals surface area (Å²) >= 11 is 0. The molecule has 0 radical (unpaired) electrons. The molecule has 1 aromatic heterocycles. The maximum Gasteiger partial charge on any atom is 0.160 e. The van der Waals surface area contributed by atoms with Gasteiger partial charge in [0.15, 0.2) is 5.58 Å². The Morgan fingerprint density at radius 1 is 0.349 bits per heavy atom. The van der Waals surface area contributed by atoms with Gasteiger partial charge >= 0.3 is 0 Å². The van der Waals surface area contributed by atoms with E-state index in [1.807, 2.05) is 0 Å². The second-order valence-electron chi connectivity index (χ2n) is 17.1. The van der Waals surface area contributed by atoms with E-state index in [0.29, 0.717) is 5.92 Å². The Morgan fingerprint density at radius 2 is 0.873 bits per heavy atom. The van der Waals surface area contributed by atoms with Crippen LogP contribution in [0.5, 0.6) is 0 Å². The zero-order valence-corrected chi connectivity index (χ0v) is 35.2. The normalized spacial score (nSPS) is 11.8. The lowest BCUT2D eigenvalue weighted by molar-refractivity contribution is 0.657. The van der Waals surface area contributed by atoms with E-state index in [1.54, 1.807) is 0 Å². The van der Waals surface area contributed by atoms with Crippen LogP contribution in [0.1, 0.15) is 25.3 Å². The highest BCUT2D eigenvalue weighted by atomic mass is 16.3. The van der Waals surface area contributed by atoms with Crippen LogP contribution in [0.25, 0.3) is 98.4 Å². The number of para-hydroxylation sites is 2. The van der Waals surface area contributed by atoms with Crippen molar-refractivity contribution in [2.75, 3.05) is 4.90 Å². The van der Waals surface area contributed by atoms with Gasteiger partial charge in [0.1, 0.15) is 5.58 Å². The first-order valence-electron chi connectivity index (χ1n) is 21.9. The Bertz CT molecular complexity index is 3720. The summed E-state index contributed by atoms with van der Waals surface area (Å²) in [6, 6.07) is 79.8. The maximum absolute atomic E-state index is 7.17. The fourth-order valence-electron chi connectivity index (χ4n) is 9.81. The summed E-state index contributed by atoms with van der Waals surface area (Å²) < 4.78 is 7.17. The van der Waals surface area contributed by atoms with E-state index in [4.69, 9.17) is 4.42 Å². The van der Waals surface area contributed by atoms with Crippen LogP contribution in [0.2, 0.25) is 0 Å². The number of benzene rings is 11. The molecule has 1 heterocycles. The smallest absolute Gasteiger partial charge is 0.160 e. The van der Waals surface area contributed by atoms with Crippen LogP contribution >= 0.6 is 0 Å². The third-order valence-corrected chi connectivity index (χ3v) is 13.0. The van der Waals surface area contributed by atoms with Gasteiger partial charge in [-0.15, -0.1) is 0 Å². The van der Waals surface area contributed by atoms with Gasteiger partial charge in [0.25, 0.3) is 0 Å². The van der Waals surface area contributed by atoms with Crippen molar-refractivity contribution in [1.29, 1.82) is 0 Å². The summed E-state index contributed by atoms with van der Waals surface area (Å²) in [5.74, 6) is 0.307. The molecule has 12 aromatic rings. The fraction of sp³-hybridized carbons (Fsp3) is 0.0492. The zero-order valence-electron chi connectivity index (χ0n) is 35.2. The molecule has 0 atom stereocenters. The van der Waals surface area contributed by atoms with Crippen LogP contribution in [0.15, 0.2) is 223 Å². The minimum absolute atomic E-state index is 0.307. The van der Waals surface area contributed by atoms with Crippen molar-refractivity contribution in [2.24, 2.45) is 0 Å². The Hall–Kier alpha value is -7.94. The van der Waals surface area contributed by atoms with E-state index in [0.717, 1.165) is 50.1 Å². The number of anilines is 3. The highest BCUT2D eigenvalue weighted by Crippen LogP contribution is 2.49. The maximum atomic E-state index is 7.17. The molecule has 0 aliphatic rings. The van der Waals surface area contributed by atoms with Gasteiger partial charge < -0.3 is 9.32 Å². The molecule has 12 rings (SSSR count). The van der Waals surface area contributed by atoms with Crippen LogP contribution < -0.4 is 4.90 Å². The molecule has 298 valence electrons. The second kappa shape index (κ2) is 14.9. The second-order valence-corrected chi connectivity index (χ2v) is 17.1. The summed E-state index contributed by atoms with van der Waals surface area (Å²) in [6.45, 7) is 4.49. The molecule has 2 heteroatoms. The number of hydrogen-bond acceptors (Lipinski definition) is 2. The van der Waals surface area contributed by atoms with Crippen molar-refractivity contribution in [2.45, 2.75) is 19.8 Å². The van der Waals surface area contributed by atoms with E-state index in [-0.39, 0.29) is 0 Å². The Morgan fingerprint density at radius 3 is 1.62 bits per heavy atom. The van der Waals surface area contributed by atoms with E-state index in [9.17, 15) is 0 Å². The molecule has 0 spiro atoms. The van der Waals surface area contributed by atoms with E-state index in [2.05, 4.69) is 237 Å². The Balaban J connectivity index is 1.03. The van der Waals surface area contributed by atoms with Gasteiger partial charge in [-0.1, -0.05) is 190 Å². The molecule has 0 fully saturated rings. The number of hydrogen-bond donors (Lipinski definition) is 0. The highest BCUT2D eigenvalue weighted by molar-refractivity contribution is 6.23. The molecule has 0 amide bonds. The molecule has 0 unspecified atom stereocenters. The van der Waals surface area contributed by atoms with Crippen molar-refractivity contribution in [1.82, 2.24) is 0 Å². The molecule has 0 N–H and O–H groups in total. The quantitative estimate of drug-likeness (QED) is 0.160. The molecular weight excluding hydrogens is 763 g/mol. The summed E-state index contributed by atoms with van der Waals surface area (Å²) in [4.78, 5) is 2.42. The molecule has 0 saturated carbocycles. The monoisotopic (exact) mass is 805 g/mol. The Kier molecular flexibility index (Phi) is 8.72. The van der Waals surface area contributed by atoms with Crippen LogP contribution in [-0.2, 0) is 0 Å². The van der Waals surface area contributed by atoms with E-state index in [1.165, 1.54) is 70.9 Å². The van der Waals surface area contributed by atoms with Crippen molar-refractivity contribution in [3.05, 3.63) is 224 Å². The average Bonchev–Trinajstić information content (AvgIpc) is 3.74. The van der Waals surface area contributed by atoms with Crippen molar-refractivity contribution in [3.63, 3.8) is 0 Å². The van der Waals surface area contributed by atoms with Gasteiger partial charge in [0, 0.05) is 22.0 Å². The third kappa shape index (κ3) is 6.25. The van der Waals surface area contributed by atoms with Gasteiger partial charge in [-0.2, -0.15) is 0 Å².